The Morgan fingerprint density at radius 3 is 2.48 bits per heavy atom. The SMILES string of the molecule is CCc1cccc(N2C=CC=CC(C(=O)OC)=C2C(=O)OC)c1. The summed E-state index contributed by atoms with van der Waals surface area (Å²) >= 11 is 0. The maximum atomic E-state index is 12.3. The largest absolute Gasteiger partial charge is 0.465 e. The van der Waals surface area contributed by atoms with E-state index in [-0.39, 0.29) is 11.3 Å². The molecule has 0 amide bonds. The first kappa shape index (κ1) is 16.5. The topological polar surface area (TPSA) is 55.8 Å². The fourth-order valence-electron chi connectivity index (χ4n) is 2.29. The Morgan fingerprint density at radius 2 is 1.83 bits per heavy atom. The number of aryl methyl sites for hydroxylation is 1. The third-order valence-electron chi connectivity index (χ3n) is 3.49. The molecule has 120 valence electrons. The Hall–Kier alpha value is -2.82. The lowest BCUT2D eigenvalue weighted by atomic mass is 10.1. The van der Waals surface area contributed by atoms with E-state index in [2.05, 4.69) is 6.92 Å². The highest BCUT2D eigenvalue weighted by atomic mass is 16.5. The first-order valence-electron chi connectivity index (χ1n) is 7.26. The van der Waals surface area contributed by atoms with Gasteiger partial charge < -0.3 is 14.4 Å². The highest BCUT2D eigenvalue weighted by Gasteiger charge is 2.27. The van der Waals surface area contributed by atoms with E-state index in [1.54, 1.807) is 23.3 Å². The van der Waals surface area contributed by atoms with Crippen LogP contribution in [0.1, 0.15) is 12.5 Å². The smallest absolute Gasteiger partial charge is 0.355 e. The molecule has 5 nitrogen and oxygen atoms in total. The average molecular weight is 313 g/mol. The molecule has 0 saturated carbocycles. The summed E-state index contributed by atoms with van der Waals surface area (Å²) in [7, 11) is 2.56. The van der Waals surface area contributed by atoms with Gasteiger partial charge in [0.1, 0.15) is 5.70 Å². The van der Waals surface area contributed by atoms with Crippen LogP contribution in [0.2, 0.25) is 0 Å². The van der Waals surface area contributed by atoms with Crippen molar-refractivity contribution in [1.82, 2.24) is 0 Å². The molecule has 1 aliphatic rings. The van der Waals surface area contributed by atoms with E-state index in [1.807, 2.05) is 24.3 Å². The van der Waals surface area contributed by atoms with Crippen molar-refractivity contribution in [2.24, 2.45) is 0 Å². The van der Waals surface area contributed by atoms with Crippen LogP contribution in [0, 0.1) is 0 Å². The van der Waals surface area contributed by atoms with Gasteiger partial charge in [-0.15, -0.1) is 0 Å². The molecule has 0 bridgehead atoms. The summed E-state index contributed by atoms with van der Waals surface area (Å²) in [5.41, 5.74) is 2.16. The number of benzene rings is 1. The lowest BCUT2D eigenvalue weighted by Crippen LogP contribution is -2.27. The van der Waals surface area contributed by atoms with Crippen LogP contribution >= 0.6 is 0 Å². The van der Waals surface area contributed by atoms with Crippen LogP contribution in [0.25, 0.3) is 0 Å². The molecule has 0 aromatic heterocycles. The number of rotatable bonds is 4. The van der Waals surface area contributed by atoms with Crippen LogP contribution in [0.4, 0.5) is 5.69 Å². The van der Waals surface area contributed by atoms with Crippen molar-refractivity contribution in [2.75, 3.05) is 19.1 Å². The highest BCUT2D eigenvalue weighted by molar-refractivity contribution is 6.05. The van der Waals surface area contributed by atoms with Gasteiger partial charge in [-0.2, -0.15) is 0 Å². The minimum Gasteiger partial charge on any atom is -0.465 e. The van der Waals surface area contributed by atoms with Gasteiger partial charge in [0.2, 0.25) is 0 Å². The molecular weight excluding hydrogens is 294 g/mol. The van der Waals surface area contributed by atoms with Gasteiger partial charge in [-0.05, 0) is 36.3 Å². The maximum absolute atomic E-state index is 12.3. The van der Waals surface area contributed by atoms with E-state index >= 15 is 0 Å². The van der Waals surface area contributed by atoms with Crippen LogP contribution in [0.3, 0.4) is 0 Å². The molecule has 0 atom stereocenters. The first-order valence-corrected chi connectivity index (χ1v) is 7.26. The zero-order valence-corrected chi connectivity index (χ0v) is 13.4. The maximum Gasteiger partial charge on any atom is 0.355 e. The van der Waals surface area contributed by atoms with Crippen LogP contribution in [-0.4, -0.2) is 26.2 Å². The minimum atomic E-state index is -0.608. The van der Waals surface area contributed by atoms with Gasteiger partial charge >= 0.3 is 11.9 Å². The van der Waals surface area contributed by atoms with E-state index in [4.69, 9.17) is 9.47 Å². The highest BCUT2D eigenvalue weighted by Crippen LogP contribution is 2.27. The normalized spacial score (nSPS) is 13.8. The van der Waals surface area contributed by atoms with E-state index in [0.717, 1.165) is 17.7 Å². The molecular formula is C18H19NO4. The summed E-state index contributed by atoms with van der Waals surface area (Å²) < 4.78 is 9.65. The second kappa shape index (κ2) is 7.45. The van der Waals surface area contributed by atoms with E-state index in [1.165, 1.54) is 20.3 Å². The minimum absolute atomic E-state index is 0.123. The molecule has 0 unspecified atom stereocenters. The fourth-order valence-corrected chi connectivity index (χ4v) is 2.29. The molecule has 0 aliphatic carbocycles. The van der Waals surface area contributed by atoms with Crippen molar-refractivity contribution in [3.63, 3.8) is 0 Å². The van der Waals surface area contributed by atoms with Crippen molar-refractivity contribution in [3.8, 4) is 0 Å². The number of hydrogen-bond acceptors (Lipinski definition) is 5. The van der Waals surface area contributed by atoms with Crippen molar-refractivity contribution in [3.05, 3.63) is 65.5 Å². The second-order valence-electron chi connectivity index (χ2n) is 4.84. The third-order valence-corrected chi connectivity index (χ3v) is 3.49. The van der Waals surface area contributed by atoms with Crippen LogP contribution < -0.4 is 4.90 Å². The number of anilines is 1. The lowest BCUT2D eigenvalue weighted by Gasteiger charge is -2.23. The summed E-state index contributed by atoms with van der Waals surface area (Å²) in [6, 6.07) is 7.75. The molecule has 1 aliphatic heterocycles. The Morgan fingerprint density at radius 1 is 1.09 bits per heavy atom. The molecule has 1 aromatic carbocycles. The molecule has 0 N–H and O–H groups in total. The summed E-state index contributed by atoms with van der Waals surface area (Å²) in [5.74, 6) is -1.20. The zero-order valence-electron chi connectivity index (χ0n) is 13.4. The summed E-state index contributed by atoms with van der Waals surface area (Å²) in [4.78, 5) is 26.0. The molecule has 2 rings (SSSR count). The fraction of sp³-hybridized carbons (Fsp3) is 0.222. The van der Waals surface area contributed by atoms with Gasteiger partial charge in [-0.3, -0.25) is 0 Å². The second-order valence-corrected chi connectivity index (χ2v) is 4.84. The van der Waals surface area contributed by atoms with Gasteiger partial charge in [0.15, 0.2) is 0 Å². The van der Waals surface area contributed by atoms with Gasteiger partial charge in [0.25, 0.3) is 0 Å². The third kappa shape index (κ3) is 3.51. The molecule has 0 fully saturated rings. The quantitative estimate of drug-likeness (QED) is 0.800. The number of allylic oxidation sites excluding steroid dienone is 2. The van der Waals surface area contributed by atoms with Gasteiger partial charge in [0, 0.05) is 11.9 Å². The van der Waals surface area contributed by atoms with Gasteiger partial charge in [-0.1, -0.05) is 25.1 Å². The Kier molecular flexibility index (Phi) is 5.36. The standard InChI is InChI=1S/C18H19NO4/c1-4-13-8-7-9-14(12-13)19-11-6-5-10-15(17(20)22-2)16(19)18(21)23-3/h5-12H,4H2,1-3H3. The molecule has 1 heterocycles. The number of hydrogen-bond donors (Lipinski definition) is 0. The number of nitrogens with zero attached hydrogens (tertiary/aromatic N) is 1. The average Bonchev–Trinajstić information content (AvgIpc) is 2.83. The van der Waals surface area contributed by atoms with E-state index in [0.29, 0.717) is 0 Å². The van der Waals surface area contributed by atoms with E-state index < -0.39 is 11.9 Å². The molecule has 23 heavy (non-hydrogen) atoms. The molecule has 0 radical (unpaired) electrons. The summed E-state index contributed by atoms with van der Waals surface area (Å²) in [6.07, 6.45) is 7.55. The van der Waals surface area contributed by atoms with Crippen molar-refractivity contribution in [1.29, 1.82) is 0 Å². The zero-order chi connectivity index (χ0) is 16.8. The number of carbonyl (C=O) groups excluding carboxylic acids is 2. The van der Waals surface area contributed by atoms with Crippen LogP contribution in [0.5, 0.6) is 0 Å². The van der Waals surface area contributed by atoms with Crippen molar-refractivity contribution >= 4 is 17.6 Å². The Labute approximate surface area is 135 Å². The first-order chi connectivity index (χ1) is 11.1. The predicted molar refractivity (Wildman–Crippen MR) is 87.6 cm³/mol. The van der Waals surface area contributed by atoms with Gasteiger partial charge in [0.05, 0.1) is 19.8 Å². The predicted octanol–water partition coefficient (Wildman–Crippen LogP) is 2.74. The Balaban J connectivity index is 2.63. The number of methoxy groups -OCH3 is 2. The van der Waals surface area contributed by atoms with Crippen molar-refractivity contribution in [2.45, 2.75) is 13.3 Å². The number of carbonyl (C=O) groups is 2. The lowest BCUT2D eigenvalue weighted by molar-refractivity contribution is -0.139. The number of ether oxygens (including phenoxy) is 2. The van der Waals surface area contributed by atoms with Gasteiger partial charge in [-0.25, -0.2) is 9.59 Å². The molecule has 5 heteroatoms. The van der Waals surface area contributed by atoms with Crippen LogP contribution in [-0.2, 0) is 25.5 Å². The number of esters is 2. The Bertz CT molecular complexity index is 701. The molecule has 1 aromatic rings. The van der Waals surface area contributed by atoms with Crippen molar-refractivity contribution < 1.29 is 19.1 Å². The summed E-state index contributed by atoms with van der Waals surface area (Å²) in [6.45, 7) is 2.05. The van der Waals surface area contributed by atoms with Crippen LogP contribution in [0.15, 0.2) is 60.0 Å². The summed E-state index contributed by atoms with van der Waals surface area (Å²) in [5, 5.41) is 0. The monoisotopic (exact) mass is 313 g/mol. The molecule has 0 saturated heterocycles. The van der Waals surface area contributed by atoms with E-state index in [9.17, 15) is 9.59 Å². The molecule has 0 spiro atoms.